The molecule has 0 bridgehead atoms. The summed E-state index contributed by atoms with van der Waals surface area (Å²) in [4.78, 5) is 21.7. The lowest BCUT2D eigenvalue weighted by Crippen LogP contribution is -2.26. The van der Waals surface area contributed by atoms with E-state index in [1.165, 1.54) is 0 Å². The maximum Gasteiger partial charge on any atom is 0.320 e. The average molecular weight is 234 g/mol. The lowest BCUT2D eigenvalue weighted by Gasteiger charge is -2.10. The predicted octanol–water partition coefficient (Wildman–Crippen LogP) is 0.303. The van der Waals surface area contributed by atoms with Crippen LogP contribution in [0.1, 0.15) is 12.8 Å². The Morgan fingerprint density at radius 1 is 1.19 bits per heavy atom. The van der Waals surface area contributed by atoms with E-state index in [-0.39, 0.29) is 13.0 Å². The van der Waals surface area contributed by atoms with Crippen LogP contribution in [0.4, 0.5) is 0 Å². The molecule has 0 aromatic heterocycles. The number of hydrogen-bond acceptors (Lipinski definition) is 5. The first-order chi connectivity index (χ1) is 7.63. The van der Waals surface area contributed by atoms with Crippen molar-refractivity contribution >= 4 is 11.9 Å². The van der Waals surface area contributed by atoms with Crippen molar-refractivity contribution in [2.75, 3.05) is 34.0 Å². The van der Waals surface area contributed by atoms with Gasteiger partial charge in [0.15, 0.2) is 5.92 Å². The molecule has 6 heteroatoms. The fraction of sp³-hybridized carbons (Fsp3) is 0.800. The molecule has 0 rings (SSSR count). The van der Waals surface area contributed by atoms with Crippen LogP contribution in [0.2, 0.25) is 0 Å². The van der Waals surface area contributed by atoms with E-state index in [0.717, 1.165) is 13.5 Å². The van der Waals surface area contributed by atoms with Crippen molar-refractivity contribution in [3.8, 4) is 0 Å². The molecule has 0 aliphatic carbocycles. The monoisotopic (exact) mass is 234 g/mol. The van der Waals surface area contributed by atoms with E-state index < -0.39 is 17.9 Å². The summed E-state index contributed by atoms with van der Waals surface area (Å²) in [5, 5.41) is 8.74. The lowest BCUT2D eigenvalue weighted by atomic mass is 10.1. The number of carboxylic acids is 1. The Kier molecular flexibility index (Phi) is 8.46. The van der Waals surface area contributed by atoms with E-state index in [4.69, 9.17) is 14.6 Å². The Morgan fingerprint density at radius 3 is 2.38 bits per heavy atom. The summed E-state index contributed by atoms with van der Waals surface area (Å²) in [5.74, 6) is -3.08. The summed E-state index contributed by atoms with van der Waals surface area (Å²) in [6.07, 6.45) is 0.863. The molecule has 6 nitrogen and oxygen atoms in total. The first kappa shape index (κ1) is 14.9. The highest BCUT2D eigenvalue weighted by Crippen LogP contribution is 2.06. The van der Waals surface area contributed by atoms with Gasteiger partial charge in [0.25, 0.3) is 0 Å². The number of carbonyl (C=O) groups excluding carboxylic acids is 1. The minimum atomic E-state index is -1.19. The van der Waals surface area contributed by atoms with Crippen LogP contribution < -0.4 is 0 Å². The van der Waals surface area contributed by atoms with Crippen LogP contribution in [0, 0.1) is 5.92 Å². The lowest BCUT2D eigenvalue weighted by molar-refractivity contribution is -0.157. The van der Waals surface area contributed by atoms with Gasteiger partial charge in [-0.15, -0.1) is 0 Å². The number of hydrogen-bond donors (Lipinski definition) is 1. The van der Waals surface area contributed by atoms with Crippen LogP contribution in [-0.2, 0) is 23.8 Å². The number of aliphatic carboxylic acids is 1. The second-order valence-electron chi connectivity index (χ2n) is 3.16. The quantitative estimate of drug-likeness (QED) is 0.351. The summed E-state index contributed by atoms with van der Waals surface area (Å²) < 4.78 is 14.3. The summed E-state index contributed by atoms with van der Waals surface area (Å²) in [6.45, 7) is 1.30. The Bertz CT molecular complexity index is 215. The van der Waals surface area contributed by atoms with E-state index in [1.54, 1.807) is 7.11 Å². The molecule has 0 amide bonds. The first-order valence-electron chi connectivity index (χ1n) is 5.00. The van der Waals surface area contributed by atoms with Gasteiger partial charge in [-0.1, -0.05) is 0 Å². The topological polar surface area (TPSA) is 82.1 Å². The van der Waals surface area contributed by atoms with E-state index in [0.29, 0.717) is 13.2 Å². The molecule has 0 saturated carbocycles. The zero-order valence-corrected chi connectivity index (χ0v) is 9.60. The number of carbonyl (C=O) groups is 2. The molecule has 0 aliphatic rings. The van der Waals surface area contributed by atoms with Crippen molar-refractivity contribution in [3.05, 3.63) is 0 Å². The molecule has 0 aliphatic heterocycles. The smallest absolute Gasteiger partial charge is 0.320 e. The Morgan fingerprint density at radius 2 is 1.88 bits per heavy atom. The van der Waals surface area contributed by atoms with Gasteiger partial charge in [0.2, 0.25) is 0 Å². The Labute approximate surface area is 94.5 Å². The molecule has 1 N–H and O–H groups in total. The highest BCUT2D eigenvalue weighted by atomic mass is 16.5. The van der Waals surface area contributed by atoms with Crippen LogP contribution in [0.5, 0.6) is 0 Å². The van der Waals surface area contributed by atoms with Crippen molar-refractivity contribution in [1.29, 1.82) is 0 Å². The molecular weight excluding hydrogens is 216 g/mol. The number of methoxy groups -OCH3 is 2. The van der Waals surface area contributed by atoms with Crippen LogP contribution in [-0.4, -0.2) is 51.1 Å². The van der Waals surface area contributed by atoms with Gasteiger partial charge in [0.05, 0.1) is 7.11 Å². The first-order valence-corrected chi connectivity index (χ1v) is 5.00. The second-order valence-corrected chi connectivity index (χ2v) is 3.16. The maximum atomic E-state index is 11.0. The van der Waals surface area contributed by atoms with Crippen LogP contribution in [0.3, 0.4) is 0 Å². The van der Waals surface area contributed by atoms with Gasteiger partial charge in [-0.2, -0.15) is 0 Å². The highest BCUT2D eigenvalue weighted by molar-refractivity contribution is 5.93. The SMILES string of the molecule is COCCCOCCC(C(=O)O)C(=O)OC. The zero-order valence-electron chi connectivity index (χ0n) is 9.60. The largest absolute Gasteiger partial charge is 0.481 e. The molecule has 0 aromatic rings. The number of ether oxygens (including phenoxy) is 3. The van der Waals surface area contributed by atoms with E-state index in [1.807, 2.05) is 0 Å². The standard InChI is InChI=1S/C10H18O6/c1-14-5-3-6-16-7-4-8(9(11)12)10(13)15-2/h8H,3-7H2,1-2H3,(H,11,12). The summed E-state index contributed by atoms with van der Waals surface area (Å²) >= 11 is 0. The number of esters is 1. The third-order valence-electron chi connectivity index (χ3n) is 1.97. The molecule has 16 heavy (non-hydrogen) atoms. The minimum absolute atomic E-state index is 0.120. The van der Waals surface area contributed by atoms with Crippen molar-refractivity contribution in [3.63, 3.8) is 0 Å². The summed E-state index contributed by atoms with van der Waals surface area (Å²) in [7, 11) is 2.76. The van der Waals surface area contributed by atoms with E-state index in [9.17, 15) is 9.59 Å². The second kappa shape index (κ2) is 9.11. The molecule has 0 fully saturated rings. The summed E-state index contributed by atoms with van der Waals surface area (Å²) in [5.41, 5.74) is 0. The fourth-order valence-electron chi connectivity index (χ4n) is 1.09. The molecule has 1 atom stereocenters. The molecule has 0 saturated heterocycles. The van der Waals surface area contributed by atoms with Gasteiger partial charge < -0.3 is 19.3 Å². The van der Waals surface area contributed by atoms with Crippen LogP contribution in [0.15, 0.2) is 0 Å². The molecular formula is C10H18O6. The van der Waals surface area contributed by atoms with Gasteiger partial charge in [-0.3, -0.25) is 9.59 Å². The fourth-order valence-corrected chi connectivity index (χ4v) is 1.09. The Balaban J connectivity index is 3.69. The number of rotatable bonds is 9. The van der Waals surface area contributed by atoms with Crippen molar-refractivity contribution in [2.24, 2.45) is 5.92 Å². The normalized spacial score (nSPS) is 12.1. The highest BCUT2D eigenvalue weighted by Gasteiger charge is 2.26. The molecule has 0 aromatic carbocycles. The summed E-state index contributed by atoms with van der Waals surface area (Å²) in [6, 6.07) is 0. The predicted molar refractivity (Wildman–Crippen MR) is 55.1 cm³/mol. The molecule has 0 heterocycles. The zero-order chi connectivity index (χ0) is 12.4. The van der Waals surface area contributed by atoms with Crippen LogP contribution in [0.25, 0.3) is 0 Å². The molecule has 1 unspecified atom stereocenters. The van der Waals surface area contributed by atoms with E-state index in [2.05, 4.69) is 4.74 Å². The van der Waals surface area contributed by atoms with Crippen molar-refractivity contribution in [1.82, 2.24) is 0 Å². The maximum absolute atomic E-state index is 11.0. The van der Waals surface area contributed by atoms with E-state index >= 15 is 0 Å². The number of carboxylic acid groups (broad SMARTS) is 1. The van der Waals surface area contributed by atoms with Crippen molar-refractivity contribution < 1.29 is 28.9 Å². The Hall–Kier alpha value is -1.14. The van der Waals surface area contributed by atoms with Gasteiger partial charge in [-0.05, 0) is 12.8 Å². The van der Waals surface area contributed by atoms with Gasteiger partial charge in [-0.25, -0.2) is 0 Å². The van der Waals surface area contributed by atoms with Gasteiger partial charge in [0.1, 0.15) is 0 Å². The van der Waals surface area contributed by atoms with Gasteiger partial charge in [0, 0.05) is 26.9 Å². The van der Waals surface area contributed by atoms with Crippen molar-refractivity contribution in [2.45, 2.75) is 12.8 Å². The average Bonchev–Trinajstić information content (AvgIpc) is 2.26. The van der Waals surface area contributed by atoms with Crippen LogP contribution >= 0.6 is 0 Å². The van der Waals surface area contributed by atoms with Gasteiger partial charge >= 0.3 is 11.9 Å². The molecule has 94 valence electrons. The third kappa shape index (κ3) is 6.36. The molecule has 0 radical (unpaired) electrons. The third-order valence-corrected chi connectivity index (χ3v) is 1.97. The molecule has 0 spiro atoms. The minimum Gasteiger partial charge on any atom is -0.481 e.